The maximum Gasteiger partial charge on any atom is 0.248 e. The number of benzene rings is 1. The Labute approximate surface area is 127 Å². The number of carbonyl (C=O) groups excluding carboxylic acids is 1. The Morgan fingerprint density at radius 3 is 2.86 bits per heavy atom. The van der Waals surface area contributed by atoms with Crippen LogP contribution in [0.1, 0.15) is 15.9 Å². The molecule has 5 nitrogen and oxygen atoms in total. The molecule has 0 radical (unpaired) electrons. The average Bonchev–Trinajstić information content (AvgIpc) is 3.07. The summed E-state index contributed by atoms with van der Waals surface area (Å²) in [6.07, 6.45) is 6.84. The van der Waals surface area contributed by atoms with E-state index in [-0.39, 0.29) is 0 Å². The van der Waals surface area contributed by atoms with Crippen LogP contribution in [0.3, 0.4) is 0 Å². The number of nitrogens with two attached hydrogens (primary N) is 1. The van der Waals surface area contributed by atoms with E-state index in [0.29, 0.717) is 12.1 Å². The van der Waals surface area contributed by atoms with Gasteiger partial charge in [0.2, 0.25) is 5.91 Å². The van der Waals surface area contributed by atoms with Crippen molar-refractivity contribution in [1.29, 1.82) is 0 Å². The molecule has 110 valence electrons. The smallest absolute Gasteiger partial charge is 0.248 e. The largest absolute Gasteiger partial charge is 0.472 e. The van der Waals surface area contributed by atoms with E-state index in [0.717, 1.165) is 22.4 Å². The summed E-state index contributed by atoms with van der Waals surface area (Å²) in [5.41, 5.74) is 9.56. The highest BCUT2D eigenvalue weighted by molar-refractivity contribution is 5.94. The molecule has 1 aromatic carbocycles. The van der Waals surface area contributed by atoms with Gasteiger partial charge in [-0.25, -0.2) is 0 Å². The summed E-state index contributed by atoms with van der Waals surface area (Å²) in [6, 6.07) is 11.1. The molecule has 2 aromatic heterocycles. The van der Waals surface area contributed by atoms with Crippen molar-refractivity contribution in [3.8, 4) is 11.1 Å². The fraction of sp³-hybridized carbons (Fsp3) is 0.0588. The molecule has 1 amide bonds. The third kappa shape index (κ3) is 3.15. The van der Waals surface area contributed by atoms with Crippen LogP contribution in [0.2, 0.25) is 0 Å². The van der Waals surface area contributed by atoms with Crippen LogP contribution in [0.5, 0.6) is 0 Å². The number of nitrogens with zero attached hydrogens (tertiary/aromatic N) is 1. The molecule has 3 aromatic rings. The van der Waals surface area contributed by atoms with Gasteiger partial charge in [0.25, 0.3) is 0 Å². The first-order valence-corrected chi connectivity index (χ1v) is 6.82. The van der Waals surface area contributed by atoms with E-state index in [1.165, 1.54) is 0 Å². The van der Waals surface area contributed by atoms with Crippen LogP contribution in [0, 0.1) is 0 Å². The first-order chi connectivity index (χ1) is 10.7. The second-order valence-corrected chi connectivity index (χ2v) is 4.89. The lowest BCUT2D eigenvalue weighted by Crippen LogP contribution is -2.10. The van der Waals surface area contributed by atoms with Crippen LogP contribution >= 0.6 is 0 Å². The number of hydrogen-bond acceptors (Lipinski definition) is 4. The molecule has 0 saturated carbocycles. The van der Waals surface area contributed by atoms with Gasteiger partial charge in [-0.2, -0.15) is 0 Å². The van der Waals surface area contributed by atoms with Gasteiger partial charge in [0.05, 0.1) is 18.2 Å². The lowest BCUT2D eigenvalue weighted by atomic mass is 10.0. The number of primary amides is 1. The van der Waals surface area contributed by atoms with E-state index in [1.807, 2.05) is 18.2 Å². The minimum atomic E-state index is -0.441. The SMILES string of the molecule is NC(=O)c1cccc(-c2cncc(NCc3ccoc3)c2)c1. The van der Waals surface area contributed by atoms with Gasteiger partial charge in [-0.1, -0.05) is 12.1 Å². The molecular weight excluding hydrogens is 278 g/mol. The van der Waals surface area contributed by atoms with Crippen LogP contribution in [-0.4, -0.2) is 10.9 Å². The summed E-state index contributed by atoms with van der Waals surface area (Å²) >= 11 is 0. The van der Waals surface area contributed by atoms with Gasteiger partial charge >= 0.3 is 0 Å². The molecule has 3 rings (SSSR count). The van der Waals surface area contributed by atoms with E-state index in [4.69, 9.17) is 10.2 Å². The zero-order valence-electron chi connectivity index (χ0n) is 11.8. The Morgan fingerprint density at radius 2 is 2.09 bits per heavy atom. The molecule has 0 fully saturated rings. The predicted octanol–water partition coefficient (Wildman–Crippen LogP) is 3.05. The standard InChI is InChI=1S/C17H15N3O2/c18-17(21)14-3-1-2-13(6-14)15-7-16(10-19-9-15)20-8-12-4-5-22-11-12/h1-7,9-11,20H,8H2,(H2,18,21). The molecule has 0 unspecified atom stereocenters. The highest BCUT2D eigenvalue weighted by atomic mass is 16.3. The maximum absolute atomic E-state index is 11.3. The lowest BCUT2D eigenvalue weighted by Gasteiger charge is -2.08. The highest BCUT2D eigenvalue weighted by Crippen LogP contribution is 2.22. The normalized spacial score (nSPS) is 10.4. The van der Waals surface area contributed by atoms with Crippen molar-refractivity contribution in [2.75, 3.05) is 5.32 Å². The quantitative estimate of drug-likeness (QED) is 0.757. The van der Waals surface area contributed by atoms with E-state index >= 15 is 0 Å². The van der Waals surface area contributed by atoms with Gasteiger partial charge in [0.15, 0.2) is 0 Å². The molecule has 0 aliphatic carbocycles. The monoisotopic (exact) mass is 293 g/mol. The van der Waals surface area contributed by atoms with Gasteiger partial charge in [0, 0.05) is 35.6 Å². The second-order valence-electron chi connectivity index (χ2n) is 4.89. The Hall–Kier alpha value is -3.08. The van der Waals surface area contributed by atoms with E-state index < -0.39 is 5.91 Å². The third-order valence-corrected chi connectivity index (χ3v) is 3.30. The van der Waals surface area contributed by atoms with Gasteiger partial charge in [-0.15, -0.1) is 0 Å². The van der Waals surface area contributed by atoms with Gasteiger partial charge in [-0.3, -0.25) is 9.78 Å². The Morgan fingerprint density at radius 1 is 1.18 bits per heavy atom. The van der Waals surface area contributed by atoms with E-state index in [1.54, 1.807) is 43.1 Å². The van der Waals surface area contributed by atoms with Crippen LogP contribution in [0.25, 0.3) is 11.1 Å². The van der Waals surface area contributed by atoms with Crippen LogP contribution in [0.4, 0.5) is 5.69 Å². The first kappa shape index (κ1) is 13.9. The predicted molar refractivity (Wildman–Crippen MR) is 84.2 cm³/mol. The van der Waals surface area contributed by atoms with Crippen LogP contribution in [0.15, 0.2) is 65.7 Å². The van der Waals surface area contributed by atoms with Crippen molar-refractivity contribution in [2.45, 2.75) is 6.54 Å². The highest BCUT2D eigenvalue weighted by Gasteiger charge is 2.05. The number of rotatable bonds is 5. The summed E-state index contributed by atoms with van der Waals surface area (Å²) in [6.45, 7) is 0.656. The van der Waals surface area contributed by atoms with E-state index in [9.17, 15) is 4.79 Å². The fourth-order valence-electron chi connectivity index (χ4n) is 2.14. The molecule has 0 spiro atoms. The molecule has 0 bridgehead atoms. The zero-order valence-corrected chi connectivity index (χ0v) is 11.8. The topological polar surface area (TPSA) is 81.2 Å². The third-order valence-electron chi connectivity index (χ3n) is 3.30. The molecule has 22 heavy (non-hydrogen) atoms. The molecular formula is C17H15N3O2. The summed E-state index contributed by atoms with van der Waals surface area (Å²) < 4.78 is 5.03. The molecule has 0 aliphatic rings. The molecule has 0 atom stereocenters. The summed E-state index contributed by atoms with van der Waals surface area (Å²) in [7, 11) is 0. The van der Waals surface area contributed by atoms with Crippen molar-refractivity contribution >= 4 is 11.6 Å². The lowest BCUT2D eigenvalue weighted by molar-refractivity contribution is 0.100. The van der Waals surface area contributed by atoms with Crippen LogP contribution in [-0.2, 0) is 6.54 Å². The second kappa shape index (κ2) is 6.13. The molecule has 0 saturated heterocycles. The van der Waals surface area contributed by atoms with Crippen LogP contribution < -0.4 is 11.1 Å². The average molecular weight is 293 g/mol. The number of anilines is 1. The first-order valence-electron chi connectivity index (χ1n) is 6.82. The summed E-state index contributed by atoms with van der Waals surface area (Å²) in [5, 5.41) is 3.28. The molecule has 2 heterocycles. The number of carbonyl (C=O) groups is 1. The Bertz CT molecular complexity index is 782. The van der Waals surface area contributed by atoms with Gasteiger partial charge in [0.1, 0.15) is 0 Å². The number of amides is 1. The van der Waals surface area contributed by atoms with Gasteiger partial charge in [-0.05, 0) is 29.8 Å². The Balaban J connectivity index is 1.81. The number of pyridine rings is 1. The Kier molecular flexibility index (Phi) is 3.87. The number of hydrogen-bond donors (Lipinski definition) is 2. The molecule has 3 N–H and O–H groups in total. The van der Waals surface area contributed by atoms with Crippen molar-refractivity contribution in [3.05, 3.63) is 72.4 Å². The van der Waals surface area contributed by atoms with Crippen molar-refractivity contribution in [1.82, 2.24) is 4.98 Å². The van der Waals surface area contributed by atoms with Crippen molar-refractivity contribution < 1.29 is 9.21 Å². The summed E-state index contributed by atoms with van der Waals surface area (Å²) in [5.74, 6) is -0.441. The van der Waals surface area contributed by atoms with E-state index in [2.05, 4.69) is 10.3 Å². The fourth-order valence-corrected chi connectivity index (χ4v) is 2.14. The van der Waals surface area contributed by atoms with Crippen molar-refractivity contribution in [2.24, 2.45) is 5.73 Å². The summed E-state index contributed by atoms with van der Waals surface area (Å²) in [4.78, 5) is 15.5. The minimum absolute atomic E-state index is 0.441. The number of nitrogens with one attached hydrogen (secondary N) is 1. The maximum atomic E-state index is 11.3. The number of furan rings is 1. The van der Waals surface area contributed by atoms with Gasteiger partial charge < -0.3 is 15.5 Å². The minimum Gasteiger partial charge on any atom is -0.472 e. The zero-order chi connectivity index (χ0) is 15.4. The molecule has 5 heteroatoms. The molecule has 0 aliphatic heterocycles. The number of aromatic nitrogens is 1. The van der Waals surface area contributed by atoms with Crippen molar-refractivity contribution in [3.63, 3.8) is 0 Å².